The lowest BCUT2D eigenvalue weighted by Gasteiger charge is -2.21. The standard InChI is InChI=1S/C18H28N2O2/c1-4-6-12-20(13-7-5-2)14-18(22)19-17-10-8-16(9-11-17)15(3)21/h8-11H,4-7,12-14H2,1-3H3,(H,19,22). The minimum absolute atomic E-state index is 0.00258. The van der Waals surface area contributed by atoms with Gasteiger partial charge in [-0.15, -0.1) is 0 Å². The average Bonchev–Trinajstić information content (AvgIpc) is 2.50. The molecule has 0 saturated heterocycles. The number of rotatable bonds is 10. The van der Waals surface area contributed by atoms with Gasteiger partial charge >= 0.3 is 0 Å². The lowest BCUT2D eigenvalue weighted by atomic mass is 10.1. The van der Waals surface area contributed by atoms with Crippen LogP contribution in [0.15, 0.2) is 24.3 Å². The van der Waals surface area contributed by atoms with Gasteiger partial charge in [-0.2, -0.15) is 0 Å². The molecule has 0 saturated carbocycles. The van der Waals surface area contributed by atoms with E-state index in [4.69, 9.17) is 0 Å². The van der Waals surface area contributed by atoms with Gasteiger partial charge in [-0.25, -0.2) is 0 Å². The average molecular weight is 304 g/mol. The molecule has 1 amide bonds. The SMILES string of the molecule is CCCCN(CCCC)CC(=O)Nc1ccc(C(C)=O)cc1. The van der Waals surface area contributed by atoms with Gasteiger partial charge < -0.3 is 5.32 Å². The fraction of sp³-hybridized carbons (Fsp3) is 0.556. The first kappa shape index (κ1) is 18.4. The maximum Gasteiger partial charge on any atom is 0.238 e. The van der Waals surface area contributed by atoms with Crippen molar-refractivity contribution in [3.8, 4) is 0 Å². The van der Waals surface area contributed by atoms with Crippen LogP contribution in [-0.4, -0.2) is 36.2 Å². The fourth-order valence-electron chi connectivity index (χ4n) is 2.23. The van der Waals surface area contributed by atoms with E-state index in [1.54, 1.807) is 24.3 Å². The van der Waals surface area contributed by atoms with Crippen molar-refractivity contribution in [1.82, 2.24) is 4.90 Å². The second kappa shape index (κ2) is 10.1. The number of amides is 1. The first-order chi connectivity index (χ1) is 10.6. The predicted molar refractivity (Wildman–Crippen MR) is 91.3 cm³/mol. The highest BCUT2D eigenvalue weighted by molar-refractivity contribution is 5.96. The van der Waals surface area contributed by atoms with Crippen molar-refractivity contribution >= 4 is 17.4 Å². The summed E-state index contributed by atoms with van der Waals surface area (Å²) < 4.78 is 0. The summed E-state index contributed by atoms with van der Waals surface area (Å²) in [7, 11) is 0. The molecule has 1 N–H and O–H groups in total. The Morgan fingerprint density at radius 1 is 1.00 bits per heavy atom. The molecule has 1 rings (SSSR count). The lowest BCUT2D eigenvalue weighted by molar-refractivity contribution is -0.117. The predicted octanol–water partition coefficient (Wildman–Crippen LogP) is 3.73. The van der Waals surface area contributed by atoms with E-state index in [0.29, 0.717) is 12.1 Å². The third kappa shape index (κ3) is 6.85. The summed E-state index contributed by atoms with van der Waals surface area (Å²) in [6.07, 6.45) is 4.50. The summed E-state index contributed by atoms with van der Waals surface area (Å²) in [6, 6.07) is 7.03. The molecule has 0 heterocycles. The Morgan fingerprint density at radius 2 is 1.55 bits per heavy atom. The van der Waals surface area contributed by atoms with Crippen molar-refractivity contribution in [3.05, 3.63) is 29.8 Å². The molecule has 1 aromatic carbocycles. The van der Waals surface area contributed by atoms with E-state index in [1.165, 1.54) is 6.92 Å². The van der Waals surface area contributed by atoms with Gasteiger partial charge in [0.2, 0.25) is 5.91 Å². The van der Waals surface area contributed by atoms with E-state index in [1.807, 2.05) is 0 Å². The molecule has 0 aliphatic rings. The molecule has 4 nitrogen and oxygen atoms in total. The first-order valence-electron chi connectivity index (χ1n) is 8.20. The van der Waals surface area contributed by atoms with Gasteiger partial charge in [0.15, 0.2) is 5.78 Å². The van der Waals surface area contributed by atoms with Crippen molar-refractivity contribution < 1.29 is 9.59 Å². The normalized spacial score (nSPS) is 10.7. The molecule has 0 aromatic heterocycles. The zero-order valence-electron chi connectivity index (χ0n) is 14.0. The van der Waals surface area contributed by atoms with Crippen molar-refractivity contribution in [2.75, 3.05) is 25.0 Å². The third-order valence-corrected chi connectivity index (χ3v) is 3.60. The minimum Gasteiger partial charge on any atom is -0.325 e. The number of carbonyl (C=O) groups excluding carboxylic acids is 2. The van der Waals surface area contributed by atoms with Gasteiger partial charge in [-0.3, -0.25) is 14.5 Å². The molecule has 0 aliphatic carbocycles. The van der Waals surface area contributed by atoms with Gasteiger partial charge in [0.05, 0.1) is 6.54 Å². The van der Waals surface area contributed by atoms with E-state index in [9.17, 15) is 9.59 Å². The number of hydrogen-bond donors (Lipinski definition) is 1. The number of hydrogen-bond acceptors (Lipinski definition) is 3. The summed E-state index contributed by atoms with van der Waals surface area (Å²) in [4.78, 5) is 25.6. The van der Waals surface area contributed by atoms with Crippen molar-refractivity contribution in [2.45, 2.75) is 46.5 Å². The summed E-state index contributed by atoms with van der Waals surface area (Å²) >= 11 is 0. The minimum atomic E-state index is 0.00258. The van der Waals surface area contributed by atoms with Crippen LogP contribution >= 0.6 is 0 Å². The Hall–Kier alpha value is -1.68. The third-order valence-electron chi connectivity index (χ3n) is 3.60. The quantitative estimate of drug-likeness (QED) is 0.670. The molecule has 122 valence electrons. The highest BCUT2D eigenvalue weighted by atomic mass is 16.2. The van der Waals surface area contributed by atoms with E-state index < -0.39 is 0 Å². The Morgan fingerprint density at radius 3 is 2.00 bits per heavy atom. The molecule has 22 heavy (non-hydrogen) atoms. The largest absolute Gasteiger partial charge is 0.325 e. The molecule has 0 radical (unpaired) electrons. The van der Waals surface area contributed by atoms with Crippen LogP contribution in [0.3, 0.4) is 0 Å². The van der Waals surface area contributed by atoms with Crippen LogP contribution in [0.4, 0.5) is 5.69 Å². The number of unbranched alkanes of at least 4 members (excludes halogenated alkanes) is 2. The van der Waals surface area contributed by atoms with Gasteiger partial charge in [-0.05, 0) is 57.1 Å². The van der Waals surface area contributed by atoms with Crippen molar-refractivity contribution in [3.63, 3.8) is 0 Å². The Kier molecular flexibility index (Phi) is 8.44. The zero-order chi connectivity index (χ0) is 16.4. The number of nitrogens with one attached hydrogen (secondary N) is 1. The molecule has 0 aliphatic heterocycles. The highest BCUT2D eigenvalue weighted by Gasteiger charge is 2.10. The van der Waals surface area contributed by atoms with Crippen LogP contribution < -0.4 is 5.32 Å². The van der Waals surface area contributed by atoms with Gasteiger partial charge in [0, 0.05) is 11.3 Å². The maximum atomic E-state index is 12.1. The van der Waals surface area contributed by atoms with Gasteiger partial charge in [0.25, 0.3) is 0 Å². The monoisotopic (exact) mass is 304 g/mol. The van der Waals surface area contributed by atoms with Crippen molar-refractivity contribution in [2.24, 2.45) is 0 Å². The molecule has 0 unspecified atom stereocenters. The molecule has 1 aromatic rings. The fourth-order valence-corrected chi connectivity index (χ4v) is 2.23. The number of carbonyl (C=O) groups is 2. The van der Waals surface area contributed by atoms with Crippen LogP contribution in [0.2, 0.25) is 0 Å². The number of benzene rings is 1. The van der Waals surface area contributed by atoms with Crippen LogP contribution in [0.1, 0.15) is 56.8 Å². The van der Waals surface area contributed by atoms with Gasteiger partial charge in [-0.1, -0.05) is 26.7 Å². The van der Waals surface area contributed by atoms with Crippen LogP contribution in [0, 0.1) is 0 Å². The zero-order valence-corrected chi connectivity index (χ0v) is 14.0. The molecular weight excluding hydrogens is 276 g/mol. The summed E-state index contributed by atoms with van der Waals surface area (Å²) in [5.74, 6) is 0.0333. The van der Waals surface area contributed by atoms with Crippen LogP contribution in [0.25, 0.3) is 0 Å². The van der Waals surface area contributed by atoms with Crippen LogP contribution in [-0.2, 0) is 4.79 Å². The highest BCUT2D eigenvalue weighted by Crippen LogP contribution is 2.10. The Bertz CT molecular complexity index is 460. The second-order valence-corrected chi connectivity index (χ2v) is 5.66. The Labute approximate surface area is 133 Å². The molecular formula is C18H28N2O2. The molecule has 0 spiro atoms. The lowest BCUT2D eigenvalue weighted by Crippen LogP contribution is -2.34. The van der Waals surface area contributed by atoms with Gasteiger partial charge in [0.1, 0.15) is 0 Å². The molecule has 0 fully saturated rings. The maximum absolute atomic E-state index is 12.1. The number of Topliss-reactive ketones (excluding diaryl/α,β-unsaturated/α-hetero) is 1. The molecule has 0 bridgehead atoms. The summed E-state index contributed by atoms with van der Waals surface area (Å²) in [5.41, 5.74) is 1.39. The van der Waals surface area contributed by atoms with Crippen molar-refractivity contribution in [1.29, 1.82) is 0 Å². The number of nitrogens with zero attached hydrogens (tertiary/aromatic N) is 1. The number of ketones is 1. The number of anilines is 1. The van der Waals surface area contributed by atoms with E-state index in [-0.39, 0.29) is 11.7 Å². The first-order valence-corrected chi connectivity index (χ1v) is 8.20. The van der Waals surface area contributed by atoms with E-state index in [2.05, 4.69) is 24.1 Å². The van der Waals surface area contributed by atoms with E-state index in [0.717, 1.165) is 44.5 Å². The Balaban J connectivity index is 2.52. The smallest absolute Gasteiger partial charge is 0.238 e. The summed E-state index contributed by atoms with van der Waals surface area (Å²) in [5, 5.41) is 2.90. The summed E-state index contributed by atoms with van der Waals surface area (Å²) in [6.45, 7) is 8.21. The van der Waals surface area contributed by atoms with E-state index >= 15 is 0 Å². The topological polar surface area (TPSA) is 49.4 Å². The molecule has 4 heteroatoms. The molecule has 0 atom stereocenters. The second-order valence-electron chi connectivity index (χ2n) is 5.66. The van der Waals surface area contributed by atoms with Crippen LogP contribution in [0.5, 0.6) is 0 Å².